The van der Waals surface area contributed by atoms with Crippen molar-refractivity contribution in [3.05, 3.63) is 0 Å². The summed E-state index contributed by atoms with van der Waals surface area (Å²) >= 11 is 0. The smallest absolute Gasteiger partial charge is 0.337 e. The summed E-state index contributed by atoms with van der Waals surface area (Å²) in [6, 6.07) is 0. The molecule has 0 bridgehead atoms. The highest BCUT2D eigenvalue weighted by molar-refractivity contribution is 5.75. The average molecular weight is 320 g/mol. The van der Waals surface area contributed by atoms with E-state index in [-0.39, 0.29) is 0 Å². The van der Waals surface area contributed by atoms with Crippen molar-refractivity contribution in [1.29, 1.82) is 0 Å². The third-order valence-electron chi connectivity index (χ3n) is 3.59. The number of carbonyl (C=O) groups excluding carboxylic acids is 1. The first-order valence-electron chi connectivity index (χ1n) is 7.89. The maximum atomic E-state index is 11.7. The van der Waals surface area contributed by atoms with Gasteiger partial charge >= 0.3 is 5.97 Å². The molecule has 2 unspecified atom stereocenters. The van der Waals surface area contributed by atoms with Crippen LogP contribution in [0.4, 0.5) is 0 Å². The SMILES string of the molecule is CCCCOC1[C@H](O)C(C(=O)OC)O[C@@H](O)[C@H]1OCCCC. The van der Waals surface area contributed by atoms with Gasteiger partial charge in [-0.1, -0.05) is 26.7 Å². The Labute approximate surface area is 131 Å². The van der Waals surface area contributed by atoms with E-state index in [1.165, 1.54) is 7.11 Å². The molecule has 0 aromatic heterocycles. The monoisotopic (exact) mass is 320 g/mol. The molecule has 1 fully saturated rings. The first-order chi connectivity index (χ1) is 10.6. The Morgan fingerprint density at radius 2 is 1.59 bits per heavy atom. The van der Waals surface area contributed by atoms with Crippen LogP contribution in [0.25, 0.3) is 0 Å². The minimum absolute atomic E-state index is 0.409. The lowest BCUT2D eigenvalue weighted by molar-refractivity contribution is -0.297. The van der Waals surface area contributed by atoms with Gasteiger partial charge in [0.1, 0.15) is 18.3 Å². The first kappa shape index (κ1) is 19.3. The summed E-state index contributed by atoms with van der Waals surface area (Å²) in [5.74, 6) is -0.748. The molecule has 1 aliphatic rings. The predicted octanol–water partition coefficient (Wildman–Crippen LogP) is 0.608. The molecule has 0 spiro atoms. The van der Waals surface area contributed by atoms with E-state index >= 15 is 0 Å². The van der Waals surface area contributed by atoms with E-state index in [1.54, 1.807) is 0 Å². The molecule has 7 heteroatoms. The number of aliphatic hydroxyl groups is 2. The Balaban J connectivity index is 2.77. The lowest BCUT2D eigenvalue weighted by Gasteiger charge is -2.41. The molecule has 5 atom stereocenters. The van der Waals surface area contributed by atoms with Gasteiger partial charge in [-0.2, -0.15) is 0 Å². The summed E-state index contributed by atoms with van der Waals surface area (Å²) in [6.45, 7) is 4.87. The molecule has 0 radical (unpaired) electrons. The van der Waals surface area contributed by atoms with Gasteiger partial charge < -0.3 is 29.2 Å². The number of methoxy groups -OCH3 is 1. The molecule has 0 saturated carbocycles. The Bertz CT molecular complexity index is 323. The summed E-state index contributed by atoms with van der Waals surface area (Å²) < 4.78 is 21.0. The minimum atomic E-state index is -1.35. The number of carbonyl (C=O) groups is 1. The first-order valence-corrected chi connectivity index (χ1v) is 7.89. The molecule has 0 amide bonds. The van der Waals surface area contributed by atoms with E-state index in [0.29, 0.717) is 13.2 Å². The van der Waals surface area contributed by atoms with Crippen LogP contribution in [-0.2, 0) is 23.7 Å². The van der Waals surface area contributed by atoms with Crippen molar-refractivity contribution in [3.63, 3.8) is 0 Å². The number of aliphatic hydroxyl groups excluding tert-OH is 2. The molecule has 0 aliphatic carbocycles. The molecule has 1 saturated heterocycles. The highest BCUT2D eigenvalue weighted by atomic mass is 16.7. The van der Waals surface area contributed by atoms with E-state index in [0.717, 1.165) is 25.7 Å². The number of hydrogen-bond acceptors (Lipinski definition) is 7. The summed E-state index contributed by atoms with van der Waals surface area (Å²) in [4.78, 5) is 11.7. The van der Waals surface area contributed by atoms with Gasteiger partial charge in [0.25, 0.3) is 0 Å². The van der Waals surface area contributed by atoms with E-state index in [1.807, 2.05) is 13.8 Å². The number of hydrogen-bond donors (Lipinski definition) is 2. The van der Waals surface area contributed by atoms with Crippen molar-refractivity contribution in [2.24, 2.45) is 0 Å². The average Bonchev–Trinajstić information content (AvgIpc) is 2.52. The van der Waals surface area contributed by atoms with Crippen LogP contribution in [0.3, 0.4) is 0 Å². The number of ether oxygens (including phenoxy) is 4. The highest BCUT2D eigenvalue weighted by Crippen LogP contribution is 2.26. The Morgan fingerprint density at radius 1 is 1.05 bits per heavy atom. The molecular formula is C15H28O7. The van der Waals surface area contributed by atoms with Gasteiger partial charge in [-0.3, -0.25) is 0 Å². The molecule has 0 aromatic rings. The van der Waals surface area contributed by atoms with Crippen molar-refractivity contribution in [1.82, 2.24) is 0 Å². The van der Waals surface area contributed by atoms with E-state index in [2.05, 4.69) is 4.74 Å². The Kier molecular flexibility index (Phi) is 8.89. The second-order valence-corrected chi connectivity index (χ2v) is 5.34. The van der Waals surface area contributed by atoms with Crippen molar-refractivity contribution >= 4 is 5.97 Å². The van der Waals surface area contributed by atoms with Gasteiger partial charge in [-0.25, -0.2) is 4.79 Å². The fourth-order valence-electron chi connectivity index (χ4n) is 2.25. The van der Waals surface area contributed by atoms with Gasteiger partial charge in [-0.05, 0) is 12.8 Å². The second-order valence-electron chi connectivity index (χ2n) is 5.34. The van der Waals surface area contributed by atoms with Crippen LogP contribution in [0, 0.1) is 0 Å². The van der Waals surface area contributed by atoms with Crippen molar-refractivity contribution < 1.29 is 34.0 Å². The third-order valence-corrected chi connectivity index (χ3v) is 3.59. The summed E-state index contributed by atoms with van der Waals surface area (Å²) in [6.07, 6.45) is -2.04. The molecule has 0 aromatic carbocycles. The summed E-state index contributed by atoms with van der Waals surface area (Å²) in [5, 5.41) is 20.4. The second kappa shape index (κ2) is 10.1. The number of rotatable bonds is 9. The Morgan fingerprint density at radius 3 is 2.09 bits per heavy atom. The van der Waals surface area contributed by atoms with Crippen LogP contribution >= 0.6 is 0 Å². The Hall–Kier alpha value is -0.730. The summed E-state index contributed by atoms with van der Waals surface area (Å²) in [7, 11) is 1.20. The van der Waals surface area contributed by atoms with Crippen LogP contribution in [0.5, 0.6) is 0 Å². The lowest BCUT2D eigenvalue weighted by atomic mass is 9.98. The lowest BCUT2D eigenvalue weighted by Crippen LogP contribution is -2.61. The molecule has 22 heavy (non-hydrogen) atoms. The molecule has 2 N–H and O–H groups in total. The maximum absolute atomic E-state index is 11.7. The molecule has 7 nitrogen and oxygen atoms in total. The van der Waals surface area contributed by atoms with Crippen LogP contribution in [0.1, 0.15) is 39.5 Å². The van der Waals surface area contributed by atoms with E-state index < -0.39 is 36.7 Å². The molecule has 1 heterocycles. The molecule has 1 rings (SSSR count). The predicted molar refractivity (Wildman–Crippen MR) is 78.2 cm³/mol. The van der Waals surface area contributed by atoms with Crippen molar-refractivity contribution in [3.8, 4) is 0 Å². The zero-order chi connectivity index (χ0) is 16.5. The normalized spacial score (nSPS) is 32.0. The highest BCUT2D eigenvalue weighted by Gasteiger charge is 2.49. The van der Waals surface area contributed by atoms with Crippen molar-refractivity contribution in [2.45, 2.75) is 70.2 Å². The maximum Gasteiger partial charge on any atom is 0.337 e. The standard InChI is InChI=1S/C15H28O7/c1-4-6-8-20-11-10(16)12(14(17)19-3)22-15(18)13(11)21-9-7-5-2/h10-13,15-16,18H,4-9H2,1-3H3/t10-,11?,12?,13-,15+/m0/s1. The van der Waals surface area contributed by atoms with Gasteiger partial charge in [0.05, 0.1) is 7.11 Å². The quantitative estimate of drug-likeness (QED) is 0.475. The zero-order valence-corrected chi connectivity index (χ0v) is 13.6. The van der Waals surface area contributed by atoms with E-state index in [4.69, 9.17) is 14.2 Å². The van der Waals surface area contributed by atoms with Crippen LogP contribution in [0.15, 0.2) is 0 Å². The topological polar surface area (TPSA) is 94.5 Å². The van der Waals surface area contributed by atoms with E-state index in [9.17, 15) is 15.0 Å². The van der Waals surface area contributed by atoms with Crippen LogP contribution in [0.2, 0.25) is 0 Å². The number of unbranched alkanes of at least 4 members (excludes halogenated alkanes) is 2. The minimum Gasteiger partial charge on any atom is -0.467 e. The fraction of sp³-hybridized carbons (Fsp3) is 0.933. The largest absolute Gasteiger partial charge is 0.467 e. The van der Waals surface area contributed by atoms with Crippen LogP contribution < -0.4 is 0 Å². The summed E-state index contributed by atoms with van der Waals surface area (Å²) in [5.41, 5.74) is 0. The number of esters is 1. The third kappa shape index (κ3) is 5.17. The fourth-order valence-corrected chi connectivity index (χ4v) is 2.25. The zero-order valence-electron chi connectivity index (χ0n) is 13.6. The molecule has 130 valence electrons. The van der Waals surface area contributed by atoms with Gasteiger partial charge in [0.2, 0.25) is 0 Å². The van der Waals surface area contributed by atoms with Crippen molar-refractivity contribution in [2.75, 3.05) is 20.3 Å². The van der Waals surface area contributed by atoms with Gasteiger partial charge in [0, 0.05) is 13.2 Å². The van der Waals surface area contributed by atoms with Gasteiger partial charge in [0.15, 0.2) is 12.4 Å². The van der Waals surface area contributed by atoms with Crippen LogP contribution in [-0.4, -0.2) is 67.2 Å². The molecule has 1 aliphatic heterocycles. The van der Waals surface area contributed by atoms with Gasteiger partial charge in [-0.15, -0.1) is 0 Å². The molecular weight excluding hydrogens is 292 g/mol.